The summed E-state index contributed by atoms with van der Waals surface area (Å²) in [7, 11) is 1.60. The maximum Gasteiger partial charge on any atom is 0.321 e. The molecule has 2 heterocycles. The first kappa shape index (κ1) is 18.0. The van der Waals surface area contributed by atoms with Crippen molar-refractivity contribution in [1.29, 1.82) is 0 Å². The SMILES string of the molecule is COc1cccc(NC(=O)N2CCCC(Oc3nc(C)cc(C)n3)C2)c1. The largest absolute Gasteiger partial charge is 0.497 e. The van der Waals surface area contributed by atoms with Gasteiger partial charge in [-0.2, -0.15) is 0 Å². The second kappa shape index (κ2) is 8.03. The molecule has 0 radical (unpaired) electrons. The first-order valence-corrected chi connectivity index (χ1v) is 8.72. The van der Waals surface area contributed by atoms with Gasteiger partial charge >= 0.3 is 12.0 Å². The summed E-state index contributed by atoms with van der Waals surface area (Å²) in [5, 5.41) is 2.91. The summed E-state index contributed by atoms with van der Waals surface area (Å²) in [5.74, 6) is 0.703. The van der Waals surface area contributed by atoms with Gasteiger partial charge in [-0.25, -0.2) is 14.8 Å². The molecule has 1 aromatic carbocycles. The van der Waals surface area contributed by atoms with Crippen molar-refractivity contribution in [3.05, 3.63) is 41.7 Å². The number of aryl methyl sites for hydroxylation is 2. The molecule has 138 valence electrons. The average molecular weight is 356 g/mol. The van der Waals surface area contributed by atoms with Gasteiger partial charge < -0.3 is 19.7 Å². The van der Waals surface area contributed by atoms with Crippen LogP contribution in [0, 0.1) is 13.8 Å². The second-order valence-electron chi connectivity index (χ2n) is 6.42. The number of benzene rings is 1. The average Bonchev–Trinajstić information content (AvgIpc) is 2.61. The summed E-state index contributed by atoms with van der Waals surface area (Å²) < 4.78 is 11.1. The van der Waals surface area contributed by atoms with Gasteiger partial charge in [-0.05, 0) is 44.9 Å². The molecule has 0 aliphatic carbocycles. The number of ether oxygens (including phenoxy) is 2. The highest BCUT2D eigenvalue weighted by Crippen LogP contribution is 2.20. The van der Waals surface area contributed by atoms with E-state index in [4.69, 9.17) is 9.47 Å². The first-order valence-electron chi connectivity index (χ1n) is 8.72. The van der Waals surface area contributed by atoms with Crippen molar-refractivity contribution in [3.63, 3.8) is 0 Å². The fourth-order valence-corrected chi connectivity index (χ4v) is 3.02. The number of hydrogen-bond acceptors (Lipinski definition) is 5. The normalized spacial score (nSPS) is 16.9. The lowest BCUT2D eigenvalue weighted by Gasteiger charge is -2.32. The van der Waals surface area contributed by atoms with E-state index in [1.54, 1.807) is 18.1 Å². The molecule has 0 bridgehead atoms. The molecule has 0 saturated carbocycles. The number of urea groups is 1. The number of hydrogen-bond donors (Lipinski definition) is 1. The van der Waals surface area contributed by atoms with E-state index in [9.17, 15) is 4.79 Å². The van der Waals surface area contributed by atoms with Crippen molar-refractivity contribution in [3.8, 4) is 11.8 Å². The Kier molecular flexibility index (Phi) is 5.55. The summed E-state index contributed by atoms with van der Waals surface area (Å²) in [6.45, 7) is 5.03. The third kappa shape index (κ3) is 4.62. The molecule has 1 unspecified atom stereocenters. The van der Waals surface area contributed by atoms with Gasteiger partial charge in [0.15, 0.2) is 0 Å². The monoisotopic (exact) mass is 356 g/mol. The second-order valence-corrected chi connectivity index (χ2v) is 6.42. The van der Waals surface area contributed by atoms with Crippen molar-refractivity contribution in [1.82, 2.24) is 14.9 Å². The fraction of sp³-hybridized carbons (Fsp3) is 0.421. The zero-order chi connectivity index (χ0) is 18.5. The van der Waals surface area contributed by atoms with Gasteiger partial charge in [0.2, 0.25) is 0 Å². The molecule has 1 aliphatic rings. The molecular weight excluding hydrogens is 332 g/mol. The van der Waals surface area contributed by atoms with E-state index in [2.05, 4.69) is 15.3 Å². The van der Waals surface area contributed by atoms with Crippen LogP contribution in [-0.2, 0) is 0 Å². The number of nitrogens with one attached hydrogen (secondary N) is 1. The Morgan fingerprint density at radius 3 is 2.73 bits per heavy atom. The number of aromatic nitrogens is 2. The van der Waals surface area contributed by atoms with Crippen LogP contribution in [-0.4, -0.2) is 47.2 Å². The molecular formula is C19H24N4O3. The van der Waals surface area contributed by atoms with E-state index in [0.717, 1.165) is 24.2 Å². The lowest BCUT2D eigenvalue weighted by atomic mass is 10.1. The Morgan fingerprint density at radius 1 is 1.23 bits per heavy atom. The Bertz CT molecular complexity index is 761. The number of carbonyl (C=O) groups is 1. The zero-order valence-electron chi connectivity index (χ0n) is 15.4. The number of anilines is 1. The predicted molar refractivity (Wildman–Crippen MR) is 98.7 cm³/mol. The van der Waals surface area contributed by atoms with Crippen LogP contribution in [0.4, 0.5) is 10.5 Å². The van der Waals surface area contributed by atoms with Gasteiger partial charge in [-0.3, -0.25) is 0 Å². The summed E-state index contributed by atoms with van der Waals surface area (Å²) in [6, 6.07) is 9.44. The van der Waals surface area contributed by atoms with Crippen LogP contribution in [0.2, 0.25) is 0 Å². The molecule has 1 aromatic heterocycles. The molecule has 7 nitrogen and oxygen atoms in total. The Morgan fingerprint density at radius 2 is 2.00 bits per heavy atom. The molecule has 2 amide bonds. The van der Waals surface area contributed by atoms with Crippen LogP contribution >= 0.6 is 0 Å². The molecule has 1 atom stereocenters. The highest BCUT2D eigenvalue weighted by molar-refractivity contribution is 5.89. The van der Waals surface area contributed by atoms with Crippen LogP contribution in [0.1, 0.15) is 24.2 Å². The highest BCUT2D eigenvalue weighted by Gasteiger charge is 2.25. The minimum absolute atomic E-state index is 0.110. The smallest absolute Gasteiger partial charge is 0.321 e. The van der Waals surface area contributed by atoms with Gasteiger partial charge in [0, 0.05) is 29.7 Å². The minimum Gasteiger partial charge on any atom is -0.497 e. The number of likely N-dealkylation sites (tertiary alicyclic amines) is 1. The predicted octanol–water partition coefficient (Wildman–Crippen LogP) is 3.18. The zero-order valence-corrected chi connectivity index (χ0v) is 15.4. The van der Waals surface area contributed by atoms with E-state index >= 15 is 0 Å². The van der Waals surface area contributed by atoms with Crippen LogP contribution in [0.25, 0.3) is 0 Å². The van der Waals surface area contributed by atoms with Crippen molar-refractivity contribution in [2.75, 3.05) is 25.5 Å². The number of amides is 2. The van der Waals surface area contributed by atoms with E-state index in [1.807, 2.05) is 38.1 Å². The fourth-order valence-electron chi connectivity index (χ4n) is 3.02. The molecule has 1 N–H and O–H groups in total. The Hall–Kier alpha value is -2.83. The van der Waals surface area contributed by atoms with Gasteiger partial charge in [-0.15, -0.1) is 0 Å². The summed E-state index contributed by atoms with van der Waals surface area (Å²) in [5.41, 5.74) is 2.45. The maximum atomic E-state index is 12.6. The molecule has 3 rings (SSSR count). The van der Waals surface area contributed by atoms with E-state index in [-0.39, 0.29) is 12.1 Å². The number of piperidine rings is 1. The number of methoxy groups -OCH3 is 1. The van der Waals surface area contributed by atoms with Crippen molar-refractivity contribution in [2.45, 2.75) is 32.8 Å². The van der Waals surface area contributed by atoms with E-state index in [1.165, 1.54) is 0 Å². The Balaban J connectivity index is 1.61. The molecule has 7 heteroatoms. The lowest BCUT2D eigenvalue weighted by molar-refractivity contribution is 0.0980. The van der Waals surface area contributed by atoms with E-state index < -0.39 is 0 Å². The Labute approximate surface area is 153 Å². The van der Waals surface area contributed by atoms with Crippen molar-refractivity contribution >= 4 is 11.7 Å². The molecule has 1 saturated heterocycles. The first-order chi connectivity index (χ1) is 12.5. The molecule has 0 spiro atoms. The van der Waals surface area contributed by atoms with Crippen LogP contribution in [0.3, 0.4) is 0 Å². The minimum atomic E-state index is -0.145. The summed E-state index contributed by atoms with van der Waals surface area (Å²) in [4.78, 5) is 23.0. The van der Waals surface area contributed by atoms with Gasteiger partial charge in [0.25, 0.3) is 0 Å². The molecule has 2 aromatic rings. The quantitative estimate of drug-likeness (QED) is 0.910. The van der Waals surface area contributed by atoms with Crippen LogP contribution in [0.5, 0.6) is 11.8 Å². The van der Waals surface area contributed by atoms with Crippen molar-refractivity contribution < 1.29 is 14.3 Å². The van der Waals surface area contributed by atoms with Crippen LogP contribution in [0.15, 0.2) is 30.3 Å². The number of nitrogens with zero attached hydrogens (tertiary/aromatic N) is 3. The summed E-state index contributed by atoms with van der Waals surface area (Å²) in [6.07, 6.45) is 1.64. The van der Waals surface area contributed by atoms with Crippen LogP contribution < -0.4 is 14.8 Å². The highest BCUT2D eigenvalue weighted by atomic mass is 16.5. The molecule has 26 heavy (non-hydrogen) atoms. The van der Waals surface area contributed by atoms with Crippen molar-refractivity contribution in [2.24, 2.45) is 0 Å². The van der Waals surface area contributed by atoms with E-state index in [0.29, 0.717) is 30.5 Å². The van der Waals surface area contributed by atoms with Gasteiger partial charge in [-0.1, -0.05) is 6.07 Å². The standard InChI is InChI=1S/C19H24N4O3/c1-13-10-14(2)21-18(20-13)26-17-8-5-9-23(12-17)19(24)22-15-6-4-7-16(11-15)25-3/h4,6-7,10-11,17H,5,8-9,12H2,1-3H3,(H,22,24). The number of carbonyl (C=O) groups excluding carboxylic acids is 1. The topological polar surface area (TPSA) is 76.6 Å². The van der Waals surface area contributed by atoms with Gasteiger partial charge in [0.1, 0.15) is 11.9 Å². The maximum absolute atomic E-state index is 12.6. The molecule has 1 fully saturated rings. The molecule has 1 aliphatic heterocycles. The summed E-state index contributed by atoms with van der Waals surface area (Å²) >= 11 is 0. The number of rotatable bonds is 4. The third-order valence-electron chi connectivity index (χ3n) is 4.22. The third-order valence-corrected chi connectivity index (χ3v) is 4.22. The lowest BCUT2D eigenvalue weighted by Crippen LogP contribution is -2.46. The van der Waals surface area contributed by atoms with Gasteiger partial charge in [0.05, 0.1) is 13.7 Å².